The largest absolute Gasteiger partial charge is 0.355 e. The van der Waals surface area contributed by atoms with Crippen molar-refractivity contribution in [3.63, 3.8) is 0 Å². The molecule has 0 saturated carbocycles. The third-order valence-corrected chi connectivity index (χ3v) is 6.68. The summed E-state index contributed by atoms with van der Waals surface area (Å²) in [5.41, 5.74) is 3.06. The summed E-state index contributed by atoms with van der Waals surface area (Å²) in [6, 6.07) is 28.2. The number of amides is 2. The second-order valence-corrected chi connectivity index (χ2v) is 9.25. The number of hydrogen-bond acceptors (Lipinski definition) is 2. The monoisotopic (exact) mass is 460 g/mol. The van der Waals surface area contributed by atoms with Crippen molar-refractivity contribution in [1.29, 1.82) is 0 Å². The van der Waals surface area contributed by atoms with Crippen LogP contribution in [0.25, 0.3) is 0 Å². The van der Waals surface area contributed by atoms with Gasteiger partial charge in [-0.15, -0.1) is 0 Å². The lowest BCUT2D eigenvalue weighted by Gasteiger charge is -2.29. The number of halogens is 1. The van der Waals surface area contributed by atoms with E-state index in [0.29, 0.717) is 37.3 Å². The molecule has 2 amide bonds. The van der Waals surface area contributed by atoms with Gasteiger partial charge in [-0.25, -0.2) is 0 Å². The van der Waals surface area contributed by atoms with Crippen molar-refractivity contribution in [2.24, 2.45) is 0 Å². The van der Waals surface area contributed by atoms with E-state index in [4.69, 9.17) is 11.6 Å². The molecule has 170 valence electrons. The van der Waals surface area contributed by atoms with Gasteiger partial charge >= 0.3 is 0 Å². The minimum absolute atomic E-state index is 0.00323. The highest BCUT2D eigenvalue weighted by Gasteiger charge is 2.37. The maximum absolute atomic E-state index is 12.8. The molecule has 1 saturated heterocycles. The van der Waals surface area contributed by atoms with Crippen molar-refractivity contribution < 1.29 is 9.59 Å². The van der Waals surface area contributed by atoms with Crippen LogP contribution < -0.4 is 10.6 Å². The van der Waals surface area contributed by atoms with E-state index in [0.717, 1.165) is 12.0 Å². The molecule has 4 rings (SSSR count). The first kappa shape index (κ1) is 23.1. The maximum atomic E-state index is 12.8. The molecule has 3 aromatic rings. The van der Waals surface area contributed by atoms with Gasteiger partial charge in [-0.2, -0.15) is 0 Å². The molecule has 5 heteroatoms. The number of carbonyl (C=O) groups is 2. The normalized spacial score (nSPS) is 17.7. The summed E-state index contributed by atoms with van der Waals surface area (Å²) < 4.78 is 0. The molecule has 1 atom stereocenters. The molecule has 4 nitrogen and oxygen atoms in total. The van der Waals surface area contributed by atoms with Gasteiger partial charge in [0.1, 0.15) is 0 Å². The Bertz CT molecular complexity index is 1030. The van der Waals surface area contributed by atoms with Gasteiger partial charge in [0.2, 0.25) is 11.8 Å². The average molecular weight is 461 g/mol. The molecule has 0 radical (unpaired) electrons. The Kier molecular flexibility index (Phi) is 7.46. The second-order valence-electron chi connectivity index (χ2n) is 8.81. The first-order valence-electron chi connectivity index (χ1n) is 11.5. The first-order valence-corrected chi connectivity index (χ1v) is 11.8. The van der Waals surface area contributed by atoms with Crippen LogP contribution in [-0.4, -0.2) is 23.9 Å². The highest BCUT2D eigenvalue weighted by Crippen LogP contribution is 2.30. The summed E-state index contributed by atoms with van der Waals surface area (Å²) in [6.07, 6.45) is 2.90. The smallest absolute Gasteiger partial charge is 0.220 e. The minimum Gasteiger partial charge on any atom is -0.355 e. The zero-order valence-electron chi connectivity index (χ0n) is 18.6. The van der Waals surface area contributed by atoms with Crippen LogP contribution >= 0.6 is 11.6 Å². The van der Waals surface area contributed by atoms with Crippen molar-refractivity contribution in [1.82, 2.24) is 10.6 Å². The fourth-order valence-electron chi connectivity index (χ4n) is 4.63. The Morgan fingerprint density at radius 1 is 0.939 bits per heavy atom. The highest BCUT2D eigenvalue weighted by atomic mass is 35.5. The molecule has 0 spiro atoms. The minimum atomic E-state index is -0.388. The SMILES string of the molecule is O=C(CCC1(Cc2ccc(Cl)cc2)CCC(=O)N1)NCC(c1ccccc1)c1ccccc1. The Hall–Kier alpha value is -3.11. The Morgan fingerprint density at radius 2 is 1.55 bits per heavy atom. The number of benzene rings is 3. The molecule has 3 aromatic carbocycles. The maximum Gasteiger partial charge on any atom is 0.220 e. The molecule has 2 N–H and O–H groups in total. The average Bonchev–Trinajstić information content (AvgIpc) is 3.21. The number of carbonyl (C=O) groups excluding carboxylic acids is 2. The molecular weight excluding hydrogens is 432 g/mol. The van der Waals surface area contributed by atoms with Crippen molar-refractivity contribution >= 4 is 23.4 Å². The molecular formula is C28H29ClN2O2. The van der Waals surface area contributed by atoms with Crippen LogP contribution in [0, 0.1) is 0 Å². The molecule has 1 aliphatic heterocycles. The summed E-state index contributed by atoms with van der Waals surface area (Å²) in [4.78, 5) is 24.9. The van der Waals surface area contributed by atoms with Crippen LogP contribution in [-0.2, 0) is 16.0 Å². The van der Waals surface area contributed by atoms with Crippen LogP contribution in [0.3, 0.4) is 0 Å². The Morgan fingerprint density at radius 3 is 2.09 bits per heavy atom. The molecule has 33 heavy (non-hydrogen) atoms. The fourth-order valence-corrected chi connectivity index (χ4v) is 4.76. The third kappa shape index (κ3) is 6.23. The topological polar surface area (TPSA) is 58.2 Å². The molecule has 0 aliphatic carbocycles. The quantitative estimate of drug-likeness (QED) is 0.457. The van der Waals surface area contributed by atoms with E-state index in [-0.39, 0.29) is 23.3 Å². The van der Waals surface area contributed by atoms with E-state index in [1.54, 1.807) is 0 Å². The van der Waals surface area contributed by atoms with E-state index in [9.17, 15) is 9.59 Å². The van der Waals surface area contributed by atoms with Gasteiger partial charge in [-0.3, -0.25) is 9.59 Å². The molecule has 0 aromatic heterocycles. The molecule has 1 heterocycles. The lowest BCUT2D eigenvalue weighted by Crippen LogP contribution is -2.44. The highest BCUT2D eigenvalue weighted by molar-refractivity contribution is 6.30. The van der Waals surface area contributed by atoms with Crippen molar-refractivity contribution in [3.05, 3.63) is 107 Å². The van der Waals surface area contributed by atoms with Crippen LogP contribution in [0.4, 0.5) is 0 Å². The van der Waals surface area contributed by atoms with Gasteiger partial charge in [0.15, 0.2) is 0 Å². The van der Waals surface area contributed by atoms with Gasteiger partial charge in [-0.1, -0.05) is 84.4 Å². The third-order valence-electron chi connectivity index (χ3n) is 6.43. The Labute approximate surface area is 200 Å². The lowest BCUT2D eigenvalue weighted by molar-refractivity contribution is -0.122. The molecule has 1 aliphatic rings. The van der Waals surface area contributed by atoms with Gasteiger partial charge in [0, 0.05) is 35.9 Å². The van der Waals surface area contributed by atoms with E-state index in [2.05, 4.69) is 34.9 Å². The molecule has 0 bridgehead atoms. The van der Waals surface area contributed by atoms with E-state index < -0.39 is 0 Å². The summed E-state index contributed by atoms with van der Waals surface area (Å²) in [5, 5.41) is 6.97. The predicted molar refractivity (Wildman–Crippen MR) is 132 cm³/mol. The summed E-state index contributed by atoms with van der Waals surface area (Å²) >= 11 is 6.02. The van der Waals surface area contributed by atoms with E-state index >= 15 is 0 Å². The van der Waals surface area contributed by atoms with Gasteiger partial charge in [0.05, 0.1) is 0 Å². The first-order chi connectivity index (χ1) is 16.0. The van der Waals surface area contributed by atoms with Crippen LogP contribution in [0.5, 0.6) is 0 Å². The van der Waals surface area contributed by atoms with Gasteiger partial charge in [-0.05, 0) is 48.1 Å². The van der Waals surface area contributed by atoms with E-state index in [1.165, 1.54) is 11.1 Å². The molecule has 1 fully saturated rings. The number of nitrogens with one attached hydrogen (secondary N) is 2. The van der Waals surface area contributed by atoms with Crippen molar-refractivity contribution in [2.75, 3.05) is 6.54 Å². The van der Waals surface area contributed by atoms with Crippen molar-refractivity contribution in [3.8, 4) is 0 Å². The summed E-state index contributed by atoms with van der Waals surface area (Å²) in [5.74, 6) is 0.145. The standard InChI is InChI=1S/C28H29ClN2O2/c29-24-13-11-21(12-14-24)19-28(18-16-27(33)31-28)17-15-26(32)30-20-25(22-7-3-1-4-8-22)23-9-5-2-6-10-23/h1-14,25H,15-20H2,(H,30,32)(H,31,33). The second kappa shape index (κ2) is 10.7. The van der Waals surface area contributed by atoms with Crippen LogP contribution in [0.15, 0.2) is 84.9 Å². The lowest BCUT2D eigenvalue weighted by atomic mass is 9.85. The number of hydrogen-bond donors (Lipinski definition) is 2. The van der Waals surface area contributed by atoms with E-state index in [1.807, 2.05) is 60.7 Å². The number of rotatable bonds is 9. The Balaban J connectivity index is 1.39. The predicted octanol–water partition coefficient (Wildman–Crippen LogP) is 5.26. The molecule has 1 unspecified atom stereocenters. The van der Waals surface area contributed by atoms with Crippen LogP contribution in [0.2, 0.25) is 5.02 Å². The fraction of sp³-hybridized carbons (Fsp3) is 0.286. The van der Waals surface area contributed by atoms with Crippen LogP contribution in [0.1, 0.15) is 48.3 Å². The zero-order valence-corrected chi connectivity index (χ0v) is 19.4. The zero-order chi connectivity index (χ0) is 23.1. The van der Waals surface area contributed by atoms with Crippen molar-refractivity contribution in [2.45, 2.75) is 43.6 Å². The van der Waals surface area contributed by atoms with Gasteiger partial charge in [0.25, 0.3) is 0 Å². The summed E-state index contributed by atoms with van der Waals surface area (Å²) in [6.45, 7) is 0.531. The summed E-state index contributed by atoms with van der Waals surface area (Å²) in [7, 11) is 0. The van der Waals surface area contributed by atoms with Gasteiger partial charge < -0.3 is 10.6 Å².